The number of carbonyl (C=O) groups excluding carboxylic acids is 1. The number of hydrogen-bond donors (Lipinski definition) is 0. The maximum Gasteiger partial charge on any atom is 0.330 e. The van der Waals surface area contributed by atoms with Crippen LogP contribution in [0.15, 0.2) is 42.0 Å². The van der Waals surface area contributed by atoms with E-state index in [2.05, 4.69) is 46.0 Å². The van der Waals surface area contributed by atoms with Gasteiger partial charge in [-0.05, 0) is 56.5 Å². The summed E-state index contributed by atoms with van der Waals surface area (Å²) >= 11 is 0. The molecule has 3 rings (SSSR count). The monoisotopic (exact) mass is 520 g/mol. The third kappa shape index (κ3) is 7.49. The van der Waals surface area contributed by atoms with Crippen LogP contribution in [0.1, 0.15) is 53.5 Å². The van der Waals surface area contributed by atoms with Crippen LogP contribution in [0.2, 0.25) is 18.1 Å². The highest BCUT2D eigenvalue weighted by molar-refractivity contribution is 6.74. The molecule has 2 fully saturated rings. The number of carbonyl (C=O) groups is 1. The molecule has 202 valence electrons. The van der Waals surface area contributed by atoms with Gasteiger partial charge in [-0.1, -0.05) is 51.1 Å². The van der Waals surface area contributed by atoms with Crippen molar-refractivity contribution in [2.45, 2.75) is 97.0 Å². The van der Waals surface area contributed by atoms with Gasteiger partial charge >= 0.3 is 5.97 Å². The SMILES string of the molecule is CCOC(=O)/C=C1\[C@H]([C@@H](CCOCc2ccccc2)CO[Si](C)(C)C(C)(C)C)O[C@@H]2OC(C)(C)O[C@H]12. The molecular formula is C28H44O7Si. The van der Waals surface area contributed by atoms with Crippen molar-refractivity contribution >= 4 is 14.3 Å². The van der Waals surface area contributed by atoms with Gasteiger partial charge in [0.1, 0.15) is 6.10 Å². The van der Waals surface area contributed by atoms with Crippen molar-refractivity contribution in [2.75, 3.05) is 19.8 Å². The van der Waals surface area contributed by atoms with Gasteiger partial charge in [0.25, 0.3) is 0 Å². The molecule has 0 amide bonds. The molecule has 0 saturated carbocycles. The molecule has 4 atom stereocenters. The minimum Gasteiger partial charge on any atom is -0.463 e. The zero-order valence-electron chi connectivity index (χ0n) is 23.2. The van der Waals surface area contributed by atoms with Gasteiger partial charge in [-0.25, -0.2) is 4.79 Å². The molecule has 0 aromatic heterocycles. The largest absolute Gasteiger partial charge is 0.463 e. The molecule has 8 heteroatoms. The van der Waals surface area contributed by atoms with Crippen LogP contribution in [0.25, 0.3) is 0 Å². The van der Waals surface area contributed by atoms with Gasteiger partial charge in [-0.15, -0.1) is 0 Å². The van der Waals surface area contributed by atoms with Crippen LogP contribution in [-0.2, 0) is 39.5 Å². The molecule has 36 heavy (non-hydrogen) atoms. The summed E-state index contributed by atoms with van der Waals surface area (Å²) in [4.78, 5) is 12.5. The topological polar surface area (TPSA) is 72.5 Å². The van der Waals surface area contributed by atoms with Crippen LogP contribution in [0.5, 0.6) is 0 Å². The summed E-state index contributed by atoms with van der Waals surface area (Å²) in [6.45, 7) is 18.5. The highest BCUT2D eigenvalue weighted by Gasteiger charge is 2.53. The zero-order valence-corrected chi connectivity index (χ0v) is 24.2. The summed E-state index contributed by atoms with van der Waals surface area (Å²) in [7, 11) is -2.01. The summed E-state index contributed by atoms with van der Waals surface area (Å²) in [5.41, 5.74) is 1.88. The molecule has 7 nitrogen and oxygen atoms in total. The van der Waals surface area contributed by atoms with Crippen LogP contribution in [0.3, 0.4) is 0 Å². The predicted molar refractivity (Wildman–Crippen MR) is 141 cm³/mol. The van der Waals surface area contributed by atoms with Gasteiger partial charge in [0.15, 0.2) is 20.4 Å². The molecule has 1 aromatic rings. The van der Waals surface area contributed by atoms with E-state index in [-0.39, 0.29) is 11.0 Å². The Hall–Kier alpha value is -1.55. The quantitative estimate of drug-likeness (QED) is 0.163. The Morgan fingerprint density at radius 3 is 2.50 bits per heavy atom. The minimum atomic E-state index is -2.01. The average Bonchev–Trinajstić information content (AvgIpc) is 3.25. The fraction of sp³-hybridized carbons (Fsp3) is 0.679. The van der Waals surface area contributed by atoms with Crippen LogP contribution in [0.4, 0.5) is 0 Å². The van der Waals surface area contributed by atoms with E-state index in [4.69, 9.17) is 28.1 Å². The smallest absolute Gasteiger partial charge is 0.330 e. The fourth-order valence-corrected chi connectivity index (χ4v) is 5.22. The molecule has 0 radical (unpaired) electrons. The highest BCUT2D eigenvalue weighted by Crippen LogP contribution is 2.44. The second-order valence-electron chi connectivity index (χ2n) is 11.5. The van der Waals surface area contributed by atoms with E-state index in [1.807, 2.05) is 32.0 Å². The molecule has 0 bridgehead atoms. The standard InChI is InChI=1S/C28H44O7Si/c1-9-31-23(29)17-22-24(33-26-25(22)34-28(5,6)35-26)21(19-32-36(7,8)27(2,3)4)15-16-30-18-20-13-11-10-12-14-20/h10-14,17,21,24-26H,9,15-16,18-19H2,1-8H3/b22-17+/t21-,24-,25+,26+/m0/s1. The van der Waals surface area contributed by atoms with E-state index in [9.17, 15) is 4.79 Å². The minimum absolute atomic E-state index is 0.0449. The van der Waals surface area contributed by atoms with E-state index in [1.54, 1.807) is 6.92 Å². The molecule has 2 aliphatic rings. The van der Waals surface area contributed by atoms with Crippen molar-refractivity contribution in [3.63, 3.8) is 0 Å². The zero-order chi connectivity index (χ0) is 26.6. The highest BCUT2D eigenvalue weighted by atomic mass is 28.4. The first-order chi connectivity index (χ1) is 16.8. The Balaban J connectivity index is 1.78. The van der Waals surface area contributed by atoms with Gasteiger partial charge in [0.05, 0.1) is 19.3 Å². The van der Waals surface area contributed by atoms with Gasteiger partial charge < -0.3 is 28.1 Å². The van der Waals surface area contributed by atoms with E-state index >= 15 is 0 Å². The first-order valence-corrected chi connectivity index (χ1v) is 15.9. The lowest BCUT2D eigenvalue weighted by molar-refractivity contribution is -0.206. The third-order valence-electron chi connectivity index (χ3n) is 7.20. The third-order valence-corrected chi connectivity index (χ3v) is 11.7. The van der Waals surface area contributed by atoms with Crippen molar-refractivity contribution in [2.24, 2.45) is 5.92 Å². The van der Waals surface area contributed by atoms with Gasteiger partial charge in [0.2, 0.25) is 0 Å². The van der Waals surface area contributed by atoms with Crippen molar-refractivity contribution < 1.29 is 32.9 Å². The maximum absolute atomic E-state index is 12.5. The molecule has 0 unspecified atom stereocenters. The Morgan fingerprint density at radius 1 is 1.17 bits per heavy atom. The van der Waals surface area contributed by atoms with Crippen LogP contribution >= 0.6 is 0 Å². The number of fused-ring (bicyclic) bond motifs is 1. The number of hydrogen-bond acceptors (Lipinski definition) is 7. The molecule has 0 aliphatic carbocycles. The molecule has 0 spiro atoms. The molecule has 2 aliphatic heterocycles. The van der Waals surface area contributed by atoms with Gasteiger partial charge in [-0.3, -0.25) is 0 Å². The first kappa shape index (κ1) is 29.0. The average molecular weight is 521 g/mol. The Kier molecular flexibility index (Phi) is 9.57. The summed E-state index contributed by atoms with van der Waals surface area (Å²) in [6.07, 6.45) is 0.787. The lowest BCUT2D eigenvalue weighted by Crippen LogP contribution is -2.43. The van der Waals surface area contributed by atoms with Gasteiger partial charge in [-0.2, -0.15) is 0 Å². The van der Waals surface area contributed by atoms with Gasteiger partial charge in [0, 0.05) is 25.2 Å². The summed E-state index contributed by atoms with van der Waals surface area (Å²) in [5.74, 6) is -1.24. The number of ether oxygens (including phenoxy) is 5. The van der Waals surface area contributed by atoms with Crippen molar-refractivity contribution in [1.82, 2.24) is 0 Å². The van der Waals surface area contributed by atoms with E-state index in [0.717, 1.165) is 11.1 Å². The summed E-state index contributed by atoms with van der Waals surface area (Å²) in [6, 6.07) is 10.1. The van der Waals surface area contributed by atoms with E-state index in [0.29, 0.717) is 32.8 Å². The number of rotatable bonds is 11. The van der Waals surface area contributed by atoms with E-state index in [1.165, 1.54) is 6.08 Å². The molecule has 2 heterocycles. The Labute approximate surface area is 217 Å². The van der Waals surface area contributed by atoms with Crippen LogP contribution < -0.4 is 0 Å². The van der Waals surface area contributed by atoms with Crippen molar-refractivity contribution in [3.8, 4) is 0 Å². The summed E-state index contributed by atoms with van der Waals surface area (Å²) < 4.78 is 36.4. The maximum atomic E-state index is 12.5. The van der Waals surface area contributed by atoms with E-state index < -0.39 is 38.6 Å². The fourth-order valence-electron chi connectivity index (χ4n) is 4.16. The van der Waals surface area contributed by atoms with Crippen molar-refractivity contribution in [3.05, 3.63) is 47.5 Å². The molecule has 0 N–H and O–H groups in total. The molecule has 1 aromatic carbocycles. The van der Waals surface area contributed by atoms with Crippen LogP contribution in [0, 0.1) is 5.92 Å². The summed E-state index contributed by atoms with van der Waals surface area (Å²) in [5, 5.41) is 0.0776. The lowest BCUT2D eigenvalue weighted by atomic mass is 9.92. The Bertz CT molecular complexity index is 891. The Morgan fingerprint density at radius 2 is 1.86 bits per heavy atom. The van der Waals surface area contributed by atoms with Crippen molar-refractivity contribution in [1.29, 1.82) is 0 Å². The second kappa shape index (κ2) is 11.9. The lowest BCUT2D eigenvalue weighted by Gasteiger charge is -2.38. The number of benzene rings is 1. The normalized spacial score (nSPS) is 25.7. The molecule has 2 saturated heterocycles. The predicted octanol–water partition coefficient (Wildman–Crippen LogP) is 5.60. The number of esters is 1. The first-order valence-electron chi connectivity index (χ1n) is 13.0. The molecular weight excluding hydrogens is 476 g/mol. The second-order valence-corrected chi connectivity index (χ2v) is 16.3. The van der Waals surface area contributed by atoms with Crippen LogP contribution in [-0.4, -0.2) is 58.4 Å².